The topological polar surface area (TPSA) is 72.2 Å². The van der Waals surface area contributed by atoms with E-state index < -0.39 is 5.63 Å². The van der Waals surface area contributed by atoms with Crippen LogP contribution in [0.5, 0.6) is 0 Å². The Labute approximate surface area is 210 Å². The van der Waals surface area contributed by atoms with E-state index in [-0.39, 0.29) is 5.91 Å². The number of hydrogen-bond donors (Lipinski definition) is 1. The number of hydrogen-bond acceptors (Lipinski definition) is 5. The van der Waals surface area contributed by atoms with Gasteiger partial charge in [0.1, 0.15) is 10.6 Å². The maximum Gasteiger partial charge on any atom is 0.344 e. The molecule has 4 aromatic carbocycles. The van der Waals surface area contributed by atoms with Crippen molar-refractivity contribution < 1.29 is 9.21 Å². The highest BCUT2D eigenvalue weighted by molar-refractivity contribution is 7.21. The normalized spacial score (nSPS) is 11.1. The van der Waals surface area contributed by atoms with Gasteiger partial charge in [-0.2, -0.15) is 0 Å². The Morgan fingerprint density at radius 1 is 0.861 bits per heavy atom. The molecule has 5 nitrogen and oxygen atoms in total. The number of fused-ring (bicyclic) bond motifs is 2. The van der Waals surface area contributed by atoms with Crippen LogP contribution in [0.1, 0.15) is 15.9 Å². The van der Waals surface area contributed by atoms with Gasteiger partial charge in [-0.15, -0.1) is 11.3 Å². The number of para-hydroxylation sites is 2. The molecule has 0 aliphatic heterocycles. The van der Waals surface area contributed by atoms with Crippen molar-refractivity contribution in [1.82, 2.24) is 4.98 Å². The van der Waals surface area contributed by atoms with Gasteiger partial charge in [0.05, 0.1) is 15.8 Å². The minimum Gasteiger partial charge on any atom is -0.422 e. The van der Waals surface area contributed by atoms with Crippen LogP contribution in [0.15, 0.2) is 106 Å². The highest BCUT2D eigenvalue weighted by atomic mass is 32.1. The lowest BCUT2D eigenvalue weighted by atomic mass is 10.0. The Kier molecular flexibility index (Phi) is 5.43. The van der Waals surface area contributed by atoms with E-state index in [2.05, 4.69) is 11.4 Å². The Morgan fingerprint density at radius 3 is 2.56 bits per heavy atom. The fraction of sp³-hybridized carbons (Fsp3) is 0.0333. The molecule has 6 aromatic rings. The largest absolute Gasteiger partial charge is 0.422 e. The molecule has 1 N–H and O–H groups in total. The number of nitrogens with one attached hydrogen (secondary N) is 1. The average Bonchev–Trinajstić information content (AvgIpc) is 3.33. The number of carbonyl (C=O) groups is 1. The van der Waals surface area contributed by atoms with Crippen molar-refractivity contribution in [3.8, 4) is 21.7 Å². The van der Waals surface area contributed by atoms with Gasteiger partial charge < -0.3 is 9.73 Å². The number of carbonyl (C=O) groups excluding carboxylic acids is 1. The lowest BCUT2D eigenvalue weighted by Gasteiger charge is -2.12. The zero-order valence-corrected chi connectivity index (χ0v) is 20.1. The third-order valence-electron chi connectivity index (χ3n) is 6.18. The van der Waals surface area contributed by atoms with Gasteiger partial charge in [-0.25, -0.2) is 9.78 Å². The molecule has 0 radical (unpaired) electrons. The lowest BCUT2D eigenvalue weighted by Crippen LogP contribution is -2.13. The molecule has 174 valence electrons. The molecule has 2 heterocycles. The first-order valence-electron chi connectivity index (χ1n) is 11.5. The van der Waals surface area contributed by atoms with E-state index in [1.807, 2.05) is 61.5 Å². The zero-order valence-electron chi connectivity index (χ0n) is 19.3. The summed E-state index contributed by atoms with van der Waals surface area (Å²) in [5.41, 5.74) is 5.18. The molecule has 6 rings (SSSR count). The molecule has 0 spiro atoms. The SMILES string of the molecule is Cc1c(NC(=O)c2cccc(-c3cc4ccccc4oc3=O)c2)cccc1-c1nc2ccccc2s1. The highest BCUT2D eigenvalue weighted by Gasteiger charge is 2.15. The summed E-state index contributed by atoms with van der Waals surface area (Å²) in [4.78, 5) is 30.6. The summed E-state index contributed by atoms with van der Waals surface area (Å²) in [6.07, 6.45) is 0. The van der Waals surface area contributed by atoms with Crippen LogP contribution in [-0.4, -0.2) is 10.9 Å². The van der Waals surface area contributed by atoms with E-state index in [0.717, 1.165) is 31.7 Å². The van der Waals surface area contributed by atoms with Crippen LogP contribution in [0.3, 0.4) is 0 Å². The van der Waals surface area contributed by atoms with Crippen LogP contribution in [0.2, 0.25) is 0 Å². The van der Waals surface area contributed by atoms with E-state index >= 15 is 0 Å². The summed E-state index contributed by atoms with van der Waals surface area (Å²) in [5, 5.41) is 4.76. The first kappa shape index (κ1) is 21.9. The van der Waals surface area contributed by atoms with Crippen LogP contribution < -0.4 is 10.9 Å². The van der Waals surface area contributed by atoms with Crippen molar-refractivity contribution in [1.29, 1.82) is 0 Å². The Bertz CT molecular complexity index is 1800. The fourth-order valence-corrected chi connectivity index (χ4v) is 5.32. The van der Waals surface area contributed by atoms with Gasteiger partial charge in [-0.3, -0.25) is 4.79 Å². The lowest BCUT2D eigenvalue weighted by molar-refractivity contribution is 0.102. The van der Waals surface area contributed by atoms with E-state index in [9.17, 15) is 9.59 Å². The number of anilines is 1. The van der Waals surface area contributed by atoms with Crippen LogP contribution in [0.4, 0.5) is 5.69 Å². The minimum absolute atomic E-state index is 0.258. The van der Waals surface area contributed by atoms with Gasteiger partial charge in [0.2, 0.25) is 0 Å². The number of rotatable bonds is 4. The highest BCUT2D eigenvalue weighted by Crippen LogP contribution is 2.34. The standard InChI is InChI=1S/C30H20N2O3S/c1-18-22(29-32-25-12-3-5-15-27(25)36-29)11-7-13-24(18)31-28(33)21-10-6-9-19(16-21)23-17-20-8-2-4-14-26(20)35-30(23)34/h2-17H,1H3,(H,31,33). The Hall–Kier alpha value is -4.55. The van der Waals surface area contributed by atoms with Crippen molar-refractivity contribution in [3.05, 3.63) is 119 Å². The summed E-state index contributed by atoms with van der Waals surface area (Å²) in [6.45, 7) is 1.98. The van der Waals surface area contributed by atoms with Gasteiger partial charge in [0, 0.05) is 22.2 Å². The average molecular weight is 489 g/mol. The molecule has 0 saturated heterocycles. The van der Waals surface area contributed by atoms with Crippen LogP contribution in [0, 0.1) is 6.92 Å². The summed E-state index contributed by atoms with van der Waals surface area (Å²) in [6, 6.07) is 30.0. The number of benzene rings is 4. The Balaban J connectivity index is 1.31. The van der Waals surface area contributed by atoms with Crippen molar-refractivity contribution in [2.75, 3.05) is 5.32 Å². The fourth-order valence-electron chi connectivity index (χ4n) is 4.28. The summed E-state index contributed by atoms with van der Waals surface area (Å²) < 4.78 is 6.60. The van der Waals surface area contributed by atoms with E-state index in [1.165, 1.54) is 0 Å². The second-order valence-electron chi connectivity index (χ2n) is 8.49. The molecular formula is C30H20N2O3S. The van der Waals surface area contributed by atoms with Crippen LogP contribution >= 0.6 is 11.3 Å². The van der Waals surface area contributed by atoms with Crippen molar-refractivity contribution in [2.45, 2.75) is 6.92 Å². The van der Waals surface area contributed by atoms with Gasteiger partial charge in [0.15, 0.2) is 0 Å². The van der Waals surface area contributed by atoms with Crippen molar-refractivity contribution in [3.63, 3.8) is 0 Å². The quantitative estimate of drug-likeness (QED) is 0.264. The number of amides is 1. The molecule has 0 bridgehead atoms. The van der Waals surface area contributed by atoms with Gasteiger partial charge in [-0.1, -0.05) is 54.6 Å². The predicted octanol–water partition coefficient (Wildman–Crippen LogP) is 7.30. The Morgan fingerprint density at radius 2 is 1.67 bits per heavy atom. The molecule has 0 atom stereocenters. The second kappa shape index (κ2) is 8.91. The number of nitrogens with zero attached hydrogens (tertiary/aromatic N) is 1. The molecule has 0 aliphatic carbocycles. The maximum atomic E-state index is 13.2. The maximum absolute atomic E-state index is 13.2. The third-order valence-corrected chi connectivity index (χ3v) is 7.25. The number of aromatic nitrogens is 1. The molecule has 2 aromatic heterocycles. The van der Waals surface area contributed by atoms with Gasteiger partial charge in [-0.05, 0) is 60.5 Å². The monoisotopic (exact) mass is 488 g/mol. The molecule has 0 aliphatic rings. The van der Waals surface area contributed by atoms with Gasteiger partial charge in [0.25, 0.3) is 5.91 Å². The first-order chi connectivity index (χ1) is 17.6. The minimum atomic E-state index is -0.439. The summed E-state index contributed by atoms with van der Waals surface area (Å²) >= 11 is 1.63. The second-order valence-corrected chi connectivity index (χ2v) is 9.52. The molecule has 1 amide bonds. The number of thiazole rings is 1. The van der Waals surface area contributed by atoms with E-state index in [0.29, 0.717) is 28.0 Å². The van der Waals surface area contributed by atoms with Crippen molar-refractivity contribution >= 4 is 44.1 Å². The summed E-state index contributed by atoms with van der Waals surface area (Å²) in [7, 11) is 0. The molecular weight excluding hydrogens is 468 g/mol. The first-order valence-corrected chi connectivity index (χ1v) is 12.3. The van der Waals surface area contributed by atoms with Crippen LogP contribution in [-0.2, 0) is 0 Å². The third kappa shape index (κ3) is 3.97. The summed E-state index contributed by atoms with van der Waals surface area (Å²) in [5.74, 6) is -0.258. The smallest absolute Gasteiger partial charge is 0.344 e. The molecule has 36 heavy (non-hydrogen) atoms. The van der Waals surface area contributed by atoms with Crippen molar-refractivity contribution in [2.24, 2.45) is 0 Å². The van der Waals surface area contributed by atoms with E-state index in [1.54, 1.807) is 47.7 Å². The van der Waals surface area contributed by atoms with E-state index in [4.69, 9.17) is 9.40 Å². The van der Waals surface area contributed by atoms with Crippen LogP contribution in [0.25, 0.3) is 42.9 Å². The predicted molar refractivity (Wildman–Crippen MR) is 146 cm³/mol. The molecule has 0 fully saturated rings. The molecule has 0 saturated carbocycles. The van der Waals surface area contributed by atoms with Gasteiger partial charge >= 0.3 is 5.63 Å². The molecule has 0 unspecified atom stereocenters. The molecule has 6 heteroatoms. The zero-order chi connectivity index (χ0) is 24.6.